The van der Waals surface area contributed by atoms with Gasteiger partial charge in [-0.15, -0.1) is 0 Å². The van der Waals surface area contributed by atoms with E-state index in [0.717, 1.165) is 5.06 Å². The molecule has 0 radical (unpaired) electrons. The second kappa shape index (κ2) is 10.0. The number of nitrogens with zero attached hydrogens (tertiary/aromatic N) is 3. The number of nitrogens with one attached hydrogen (secondary N) is 1. The van der Waals surface area contributed by atoms with E-state index in [4.69, 9.17) is 9.57 Å². The minimum atomic E-state index is -0.640. The van der Waals surface area contributed by atoms with E-state index < -0.39 is 29.7 Å². The Bertz CT molecular complexity index is 1100. The zero-order chi connectivity index (χ0) is 24.2. The molecular weight excluding hydrogens is 450 g/mol. The number of hydroxylamine groups is 2. The third-order valence-corrected chi connectivity index (χ3v) is 5.55. The summed E-state index contributed by atoms with van der Waals surface area (Å²) in [6.07, 6.45) is -1.15. The number of halogens is 2. The molecule has 2 aromatic carbocycles. The summed E-state index contributed by atoms with van der Waals surface area (Å²) in [6.45, 7) is 2.51. The lowest BCUT2D eigenvalue weighted by atomic mass is 10.2. The highest BCUT2D eigenvalue weighted by Crippen LogP contribution is 2.28. The average Bonchev–Trinajstić information content (AvgIpc) is 3.01. The Balaban J connectivity index is 1.41. The monoisotopic (exact) mass is 474 g/mol. The Morgan fingerprint density at radius 3 is 2.62 bits per heavy atom. The fourth-order valence-corrected chi connectivity index (χ4v) is 3.84. The second-order valence-electron chi connectivity index (χ2n) is 7.90. The van der Waals surface area contributed by atoms with Crippen molar-refractivity contribution in [1.82, 2.24) is 10.4 Å². The van der Waals surface area contributed by atoms with E-state index >= 15 is 4.39 Å². The Labute approximate surface area is 194 Å². The van der Waals surface area contributed by atoms with Gasteiger partial charge in [-0.05, 0) is 30.3 Å². The van der Waals surface area contributed by atoms with E-state index in [9.17, 15) is 18.8 Å². The van der Waals surface area contributed by atoms with Crippen molar-refractivity contribution in [2.75, 3.05) is 49.1 Å². The van der Waals surface area contributed by atoms with Gasteiger partial charge >= 0.3 is 6.09 Å². The Morgan fingerprint density at radius 1 is 1.09 bits per heavy atom. The summed E-state index contributed by atoms with van der Waals surface area (Å²) in [5.74, 6) is -2.03. The molecule has 2 fully saturated rings. The second-order valence-corrected chi connectivity index (χ2v) is 7.90. The molecule has 2 aliphatic rings. The van der Waals surface area contributed by atoms with Crippen molar-refractivity contribution < 1.29 is 32.7 Å². The highest BCUT2D eigenvalue weighted by molar-refractivity contribution is 5.94. The van der Waals surface area contributed by atoms with Crippen molar-refractivity contribution in [3.8, 4) is 0 Å². The number of benzene rings is 2. The first-order valence-corrected chi connectivity index (χ1v) is 10.8. The molecule has 1 N–H and O–H groups in total. The summed E-state index contributed by atoms with van der Waals surface area (Å²) >= 11 is 0. The number of rotatable bonds is 5. The zero-order valence-electron chi connectivity index (χ0n) is 18.5. The lowest BCUT2D eigenvalue weighted by Gasteiger charge is -2.24. The van der Waals surface area contributed by atoms with Gasteiger partial charge in [0.2, 0.25) is 5.91 Å². The average molecular weight is 474 g/mol. The maximum atomic E-state index is 15.0. The van der Waals surface area contributed by atoms with Crippen LogP contribution in [0.4, 0.5) is 25.0 Å². The summed E-state index contributed by atoms with van der Waals surface area (Å²) in [5, 5.41) is 3.67. The van der Waals surface area contributed by atoms with E-state index in [2.05, 4.69) is 5.32 Å². The van der Waals surface area contributed by atoms with Crippen LogP contribution in [0, 0.1) is 11.6 Å². The van der Waals surface area contributed by atoms with Crippen LogP contribution in [0.3, 0.4) is 0 Å². The molecule has 180 valence electrons. The van der Waals surface area contributed by atoms with Crippen LogP contribution in [0.2, 0.25) is 0 Å². The van der Waals surface area contributed by atoms with Crippen LogP contribution in [0.1, 0.15) is 17.3 Å². The molecule has 0 bridgehead atoms. The van der Waals surface area contributed by atoms with Crippen LogP contribution in [-0.2, 0) is 14.4 Å². The molecule has 0 saturated carbocycles. The molecular formula is C23H24F2N4O5. The van der Waals surface area contributed by atoms with Gasteiger partial charge in [0.1, 0.15) is 17.7 Å². The molecule has 2 aromatic rings. The van der Waals surface area contributed by atoms with Gasteiger partial charge in [0.05, 0.1) is 43.2 Å². The van der Waals surface area contributed by atoms with Gasteiger partial charge in [-0.1, -0.05) is 12.1 Å². The van der Waals surface area contributed by atoms with Crippen molar-refractivity contribution in [1.29, 1.82) is 0 Å². The van der Waals surface area contributed by atoms with E-state index in [-0.39, 0.29) is 49.9 Å². The van der Waals surface area contributed by atoms with Crippen molar-refractivity contribution in [3.63, 3.8) is 0 Å². The van der Waals surface area contributed by atoms with Gasteiger partial charge in [0.15, 0.2) is 0 Å². The van der Waals surface area contributed by atoms with Gasteiger partial charge in [0, 0.05) is 20.0 Å². The number of carbonyl (C=O) groups excluding carboxylic acids is 3. The summed E-state index contributed by atoms with van der Waals surface area (Å²) < 4.78 is 34.2. The Kier molecular flexibility index (Phi) is 6.92. The van der Waals surface area contributed by atoms with Crippen LogP contribution < -0.4 is 15.1 Å². The molecule has 2 aliphatic heterocycles. The van der Waals surface area contributed by atoms with Crippen molar-refractivity contribution in [3.05, 3.63) is 59.7 Å². The molecule has 0 aliphatic carbocycles. The van der Waals surface area contributed by atoms with Crippen LogP contribution in [0.25, 0.3) is 0 Å². The van der Waals surface area contributed by atoms with E-state index in [0.29, 0.717) is 12.2 Å². The fourth-order valence-electron chi connectivity index (χ4n) is 3.84. The molecule has 34 heavy (non-hydrogen) atoms. The molecule has 1 atom stereocenters. The van der Waals surface area contributed by atoms with Gasteiger partial charge < -0.3 is 15.0 Å². The minimum absolute atomic E-state index is 0.0965. The third kappa shape index (κ3) is 5.09. The van der Waals surface area contributed by atoms with Crippen LogP contribution in [-0.4, -0.2) is 68.4 Å². The predicted octanol–water partition coefficient (Wildman–Crippen LogP) is 2.32. The molecule has 9 nitrogen and oxygen atoms in total. The smallest absolute Gasteiger partial charge is 0.414 e. The molecule has 11 heteroatoms. The van der Waals surface area contributed by atoms with Crippen molar-refractivity contribution in [2.24, 2.45) is 0 Å². The van der Waals surface area contributed by atoms with Gasteiger partial charge in [-0.25, -0.2) is 18.6 Å². The quantitative estimate of drug-likeness (QED) is 0.715. The minimum Gasteiger partial charge on any atom is -0.442 e. The predicted molar refractivity (Wildman–Crippen MR) is 118 cm³/mol. The van der Waals surface area contributed by atoms with Crippen LogP contribution in [0.5, 0.6) is 0 Å². The maximum absolute atomic E-state index is 15.0. The topological polar surface area (TPSA) is 91.4 Å². The molecule has 2 saturated heterocycles. The lowest BCUT2D eigenvalue weighted by Crippen LogP contribution is -2.35. The first-order valence-electron chi connectivity index (χ1n) is 10.8. The summed E-state index contributed by atoms with van der Waals surface area (Å²) in [4.78, 5) is 44.4. The molecule has 4 rings (SSSR count). The summed E-state index contributed by atoms with van der Waals surface area (Å²) in [7, 11) is 0. The normalized spacial score (nSPS) is 18.5. The molecule has 0 aromatic heterocycles. The fraction of sp³-hybridized carbons (Fsp3) is 0.348. The third-order valence-electron chi connectivity index (χ3n) is 5.55. The standard InChI is InChI=1S/C23H24F2N4O5/c1-15(30)26-13-17-14-28(23(32)34-17)16-6-7-21(20(25)12-16)27-8-9-29(33-11-10-27)22(31)18-4-2-3-5-19(18)24/h2-7,12,17H,8-11,13-14H2,1H3,(H,26,30)/t17-/m0/s1. The number of cyclic esters (lactones) is 1. The van der Waals surface area contributed by atoms with Gasteiger partial charge in [0.25, 0.3) is 5.91 Å². The number of ether oxygens (including phenoxy) is 1. The van der Waals surface area contributed by atoms with E-state index in [1.54, 1.807) is 23.1 Å². The van der Waals surface area contributed by atoms with Crippen LogP contribution >= 0.6 is 0 Å². The Hall–Kier alpha value is -3.73. The number of anilines is 2. The molecule has 0 unspecified atom stereocenters. The zero-order valence-corrected chi connectivity index (χ0v) is 18.5. The Morgan fingerprint density at radius 2 is 1.88 bits per heavy atom. The van der Waals surface area contributed by atoms with Crippen molar-refractivity contribution >= 4 is 29.3 Å². The summed E-state index contributed by atoms with van der Waals surface area (Å²) in [5.41, 5.74) is 0.523. The SMILES string of the molecule is CC(=O)NC[C@H]1CN(c2ccc(N3CCON(C(=O)c4ccccc4F)CC3)c(F)c2)C(=O)O1. The number of hydrogen-bond acceptors (Lipinski definition) is 6. The number of amides is 3. The van der Waals surface area contributed by atoms with E-state index in [1.165, 1.54) is 36.1 Å². The molecule has 0 spiro atoms. The maximum Gasteiger partial charge on any atom is 0.414 e. The number of hydrogen-bond donors (Lipinski definition) is 1. The highest BCUT2D eigenvalue weighted by atomic mass is 19.1. The molecule has 3 amide bonds. The van der Waals surface area contributed by atoms with Crippen LogP contribution in [0.15, 0.2) is 42.5 Å². The first-order chi connectivity index (χ1) is 16.3. The first kappa shape index (κ1) is 23.4. The lowest BCUT2D eigenvalue weighted by molar-refractivity contribution is -0.119. The van der Waals surface area contributed by atoms with E-state index in [1.807, 2.05) is 0 Å². The largest absolute Gasteiger partial charge is 0.442 e. The molecule has 2 heterocycles. The summed E-state index contributed by atoms with van der Waals surface area (Å²) in [6, 6.07) is 10.0. The highest BCUT2D eigenvalue weighted by Gasteiger charge is 2.33. The van der Waals surface area contributed by atoms with Gasteiger partial charge in [-0.2, -0.15) is 0 Å². The van der Waals surface area contributed by atoms with Gasteiger partial charge in [-0.3, -0.25) is 19.3 Å². The number of carbonyl (C=O) groups is 3. The van der Waals surface area contributed by atoms with Crippen molar-refractivity contribution in [2.45, 2.75) is 13.0 Å².